The third-order valence-electron chi connectivity index (χ3n) is 5.45. The molecular formula is C25H18ClFN4O2. The maximum absolute atomic E-state index is 14.4. The van der Waals surface area contributed by atoms with Crippen LogP contribution in [0.4, 0.5) is 4.39 Å². The average Bonchev–Trinajstić information content (AvgIpc) is 3.22. The minimum atomic E-state index is -0.622. The monoisotopic (exact) mass is 460 g/mol. The Morgan fingerprint density at radius 2 is 1.64 bits per heavy atom. The van der Waals surface area contributed by atoms with Crippen molar-refractivity contribution in [3.8, 4) is 5.69 Å². The van der Waals surface area contributed by atoms with E-state index in [2.05, 4.69) is 4.98 Å². The van der Waals surface area contributed by atoms with E-state index in [0.717, 1.165) is 10.1 Å². The first-order valence-corrected chi connectivity index (χ1v) is 10.6. The molecule has 0 N–H and O–H groups in total. The minimum absolute atomic E-state index is 0.211. The Labute approximate surface area is 192 Å². The van der Waals surface area contributed by atoms with Crippen molar-refractivity contribution in [1.29, 1.82) is 0 Å². The second-order valence-electron chi connectivity index (χ2n) is 7.61. The van der Waals surface area contributed by atoms with Crippen LogP contribution < -0.4 is 11.2 Å². The molecule has 0 radical (unpaired) electrons. The molecule has 0 saturated heterocycles. The highest BCUT2D eigenvalue weighted by Gasteiger charge is 2.20. The normalized spacial score (nSPS) is 11.2. The van der Waals surface area contributed by atoms with Gasteiger partial charge in [0.2, 0.25) is 0 Å². The highest BCUT2D eigenvalue weighted by atomic mass is 35.5. The number of hydrogen-bond donors (Lipinski definition) is 0. The van der Waals surface area contributed by atoms with E-state index in [1.807, 2.05) is 30.3 Å². The van der Waals surface area contributed by atoms with Gasteiger partial charge >= 0.3 is 5.69 Å². The SMILES string of the molecule is O=c1c2c(ncn2Cc2ccccc2)n(-c2cccc(Cl)c2)c(=O)n1Cc1ccccc1F. The van der Waals surface area contributed by atoms with Crippen LogP contribution in [0.3, 0.4) is 0 Å². The fourth-order valence-corrected chi connectivity index (χ4v) is 4.05. The Morgan fingerprint density at radius 1 is 0.879 bits per heavy atom. The second-order valence-corrected chi connectivity index (χ2v) is 8.05. The van der Waals surface area contributed by atoms with Gasteiger partial charge in [0, 0.05) is 17.1 Å². The molecule has 0 amide bonds. The molecule has 0 spiro atoms. The van der Waals surface area contributed by atoms with E-state index < -0.39 is 17.1 Å². The van der Waals surface area contributed by atoms with Crippen molar-refractivity contribution in [2.75, 3.05) is 0 Å². The van der Waals surface area contributed by atoms with Crippen LogP contribution >= 0.6 is 11.6 Å². The zero-order valence-electron chi connectivity index (χ0n) is 17.4. The second kappa shape index (κ2) is 8.52. The lowest BCUT2D eigenvalue weighted by molar-refractivity contribution is 0.586. The minimum Gasteiger partial charge on any atom is -0.320 e. The van der Waals surface area contributed by atoms with Gasteiger partial charge in [0.05, 0.1) is 18.6 Å². The predicted molar refractivity (Wildman–Crippen MR) is 126 cm³/mol. The summed E-state index contributed by atoms with van der Waals surface area (Å²) in [4.78, 5) is 31.4. The Bertz CT molecular complexity index is 1590. The zero-order valence-corrected chi connectivity index (χ0v) is 18.1. The lowest BCUT2D eigenvalue weighted by atomic mass is 10.2. The topological polar surface area (TPSA) is 61.8 Å². The maximum atomic E-state index is 14.4. The standard InChI is InChI=1S/C25H18ClFN4O2/c26-19-10-6-11-20(13-19)31-23-22(29(16-28-23)14-17-7-2-1-3-8-17)24(32)30(25(31)33)15-18-9-4-5-12-21(18)27/h1-13,16H,14-15H2. The molecule has 0 aliphatic heterocycles. The molecule has 164 valence electrons. The van der Waals surface area contributed by atoms with Crippen molar-refractivity contribution in [1.82, 2.24) is 18.7 Å². The number of halogens is 2. The summed E-state index contributed by atoms with van der Waals surface area (Å²) in [5.74, 6) is -0.490. The fourth-order valence-electron chi connectivity index (χ4n) is 3.86. The molecule has 2 aromatic heterocycles. The molecule has 33 heavy (non-hydrogen) atoms. The highest BCUT2D eigenvalue weighted by Crippen LogP contribution is 2.18. The largest absolute Gasteiger partial charge is 0.337 e. The predicted octanol–water partition coefficient (Wildman–Crippen LogP) is 4.24. The van der Waals surface area contributed by atoms with E-state index in [1.165, 1.54) is 17.0 Å². The van der Waals surface area contributed by atoms with E-state index >= 15 is 0 Å². The Hall–Kier alpha value is -3.97. The van der Waals surface area contributed by atoms with Gasteiger partial charge < -0.3 is 4.57 Å². The van der Waals surface area contributed by atoms with Gasteiger partial charge in [-0.1, -0.05) is 66.2 Å². The Kier molecular flexibility index (Phi) is 5.40. The van der Waals surface area contributed by atoms with E-state index in [4.69, 9.17) is 11.6 Å². The molecule has 5 aromatic rings. The summed E-state index contributed by atoms with van der Waals surface area (Å²) < 4.78 is 18.4. The van der Waals surface area contributed by atoms with Crippen LogP contribution in [0.1, 0.15) is 11.1 Å². The number of imidazole rings is 1. The quantitative estimate of drug-likeness (QED) is 0.394. The van der Waals surface area contributed by atoms with Crippen molar-refractivity contribution in [3.63, 3.8) is 0 Å². The first-order valence-electron chi connectivity index (χ1n) is 10.3. The molecule has 0 fully saturated rings. The lowest BCUT2D eigenvalue weighted by Crippen LogP contribution is -2.40. The van der Waals surface area contributed by atoms with Gasteiger partial charge in [0.15, 0.2) is 11.2 Å². The number of aromatic nitrogens is 4. The molecule has 0 unspecified atom stereocenters. The molecule has 0 bridgehead atoms. The smallest absolute Gasteiger partial charge is 0.320 e. The Morgan fingerprint density at radius 3 is 2.39 bits per heavy atom. The molecule has 5 rings (SSSR count). The molecular weight excluding hydrogens is 443 g/mol. The zero-order chi connectivity index (χ0) is 22.9. The van der Waals surface area contributed by atoms with Crippen LogP contribution in [0.2, 0.25) is 5.02 Å². The van der Waals surface area contributed by atoms with Crippen LogP contribution in [0.25, 0.3) is 16.9 Å². The van der Waals surface area contributed by atoms with Crippen LogP contribution in [-0.2, 0) is 13.1 Å². The summed E-state index contributed by atoms with van der Waals surface area (Å²) in [6.07, 6.45) is 1.53. The van der Waals surface area contributed by atoms with Crippen molar-refractivity contribution < 1.29 is 4.39 Å². The van der Waals surface area contributed by atoms with Gasteiger partial charge in [0.25, 0.3) is 5.56 Å². The molecule has 3 aromatic carbocycles. The third kappa shape index (κ3) is 3.87. The van der Waals surface area contributed by atoms with Crippen molar-refractivity contribution in [2.24, 2.45) is 0 Å². The van der Waals surface area contributed by atoms with Crippen LogP contribution in [0, 0.1) is 5.82 Å². The summed E-state index contributed by atoms with van der Waals surface area (Å²) in [7, 11) is 0. The summed E-state index contributed by atoms with van der Waals surface area (Å²) in [6, 6.07) is 22.4. The number of hydrogen-bond acceptors (Lipinski definition) is 3. The fraction of sp³-hybridized carbons (Fsp3) is 0.0800. The molecule has 8 heteroatoms. The van der Waals surface area contributed by atoms with E-state index in [0.29, 0.717) is 17.3 Å². The molecule has 0 aliphatic carbocycles. The van der Waals surface area contributed by atoms with Crippen molar-refractivity contribution in [2.45, 2.75) is 13.1 Å². The molecule has 0 atom stereocenters. The summed E-state index contributed by atoms with van der Waals surface area (Å²) in [6.45, 7) is 0.178. The van der Waals surface area contributed by atoms with Gasteiger partial charge in [0.1, 0.15) is 5.82 Å². The highest BCUT2D eigenvalue weighted by molar-refractivity contribution is 6.30. The van der Waals surface area contributed by atoms with Gasteiger partial charge in [-0.3, -0.25) is 9.36 Å². The molecule has 6 nitrogen and oxygen atoms in total. The molecule has 0 aliphatic rings. The first-order chi connectivity index (χ1) is 16.0. The number of nitrogens with zero attached hydrogens (tertiary/aromatic N) is 4. The first kappa shape index (κ1) is 20.9. The van der Waals surface area contributed by atoms with E-state index in [9.17, 15) is 14.0 Å². The summed E-state index contributed by atoms with van der Waals surface area (Å²) >= 11 is 6.17. The van der Waals surface area contributed by atoms with Crippen LogP contribution in [0.15, 0.2) is 94.8 Å². The van der Waals surface area contributed by atoms with Crippen molar-refractivity contribution >= 4 is 22.8 Å². The lowest BCUT2D eigenvalue weighted by Gasteiger charge is -2.13. The van der Waals surface area contributed by atoms with Gasteiger partial charge in [-0.25, -0.2) is 18.7 Å². The van der Waals surface area contributed by atoms with E-state index in [-0.39, 0.29) is 23.3 Å². The van der Waals surface area contributed by atoms with Crippen LogP contribution in [0.5, 0.6) is 0 Å². The van der Waals surface area contributed by atoms with Crippen LogP contribution in [-0.4, -0.2) is 18.7 Å². The van der Waals surface area contributed by atoms with Gasteiger partial charge in [-0.05, 0) is 29.8 Å². The summed E-state index contributed by atoms with van der Waals surface area (Å²) in [5.41, 5.74) is 0.973. The van der Waals surface area contributed by atoms with Gasteiger partial charge in [-0.15, -0.1) is 0 Å². The number of rotatable bonds is 5. The average molecular weight is 461 g/mol. The molecule has 2 heterocycles. The van der Waals surface area contributed by atoms with Gasteiger partial charge in [-0.2, -0.15) is 0 Å². The molecule has 0 saturated carbocycles. The summed E-state index contributed by atoms with van der Waals surface area (Å²) in [5, 5.41) is 0.433. The van der Waals surface area contributed by atoms with Crippen molar-refractivity contribution in [3.05, 3.63) is 128 Å². The number of benzene rings is 3. The third-order valence-corrected chi connectivity index (χ3v) is 5.68. The van der Waals surface area contributed by atoms with E-state index in [1.54, 1.807) is 47.0 Å². The maximum Gasteiger partial charge on any atom is 0.337 e. The Balaban J connectivity index is 1.79. The number of fused-ring (bicyclic) bond motifs is 1.